The molecule has 2 rings (SSSR count). The van der Waals surface area contributed by atoms with Crippen LogP contribution in [-0.2, 0) is 4.79 Å². The molecule has 1 aromatic heterocycles. The molecular weight excluding hydrogens is 238 g/mol. The summed E-state index contributed by atoms with van der Waals surface area (Å²) in [5, 5.41) is 3.85. The normalized spacial score (nSPS) is 12.3. The van der Waals surface area contributed by atoms with Crippen LogP contribution < -0.4 is 11.1 Å². The van der Waals surface area contributed by atoms with Crippen molar-refractivity contribution >= 4 is 22.5 Å². The van der Waals surface area contributed by atoms with Crippen LogP contribution in [0.25, 0.3) is 10.9 Å². The number of amides is 1. The van der Waals surface area contributed by atoms with Crippen molar-refractivity contribution in [2.45, 2.75) is 32.2 Å². The van der Waals surface area contributed by atoms with E-state index in [0.717, 1.165) is 23.7 Å². The number of nitrogens with two attached hydrogens (primary N) is 1. The van der Waals surface area contributed by atoms with Crippen LogP contribution in [0, 0.1) is 0 Å². The minimum atomic E-state index is -0.0709. The molecular formula is C15H19N3O. The molecule has 0 aliphatic carbocycles. The number of carbonyl (C=O) groups is 1. The van der Waals surface area contributed by atoms with E-state index in [4.69, 9.17) is 5.73 Å². The van der Waals surface area contributed by atoms with Gasteiger partial charge < -0.3 is 11.1 Å². The Balaban J connectivity index is 2.02. The second-order valence-corrected chi connectivity index (χ2v) is 4.72. The number of fused-ring (bicyclic) bond motifs is 1. The number of anilines is 1. The van der Waals surface area contributed by atoms with Crippen LogP contribution in [0.4, 0.5) is 5.69 Å². The first-order chi connectivity index (χ1) is 9.19. The van der Waals surface area contributed by atoms with Crippen LogP contribution >= 0.6 is 0 Å². The first kappa shape index (κ1) is 13.5. The van der Waals surface area contributed by atoms with Gasteiger partial charge in [0.05, 0.1) is 17.4 Å². The van der Waals surface area contributed by atoms with E-state index < -0.39 is 0 Å². The van der Waals surface area contributed by atoms with Crippen molar-refractivity contribution in [2.75, 3.05) is 5.32 Å². The monoisotopic (exact) mass is 257 g/mol. The Morgan fingerprint density at radius 3 is 3.00 bits per heavy atom. The number of nitrogens with zero attached hydrogens (tertiary/aromatic N) is 1. The molecule has 0 spiro atoms. The fourth-order valence-corrected chi connectivity index (χ4v) is 2.06. The van der Waals surface area contributed by atoms with Crippen LogP contribution in [0.15, 0.2) is 36.5 Å². The van der Waals surface area contributed by atoms with Crippen LogP contribution in [-0.4, -0.2) is 16.9 Å². The standard InChI is InChI=1S/C15H19N3O/c1-2-5-12(16)9-15(19)18-13-8-11-6-3-4-7-14(11)17-10-13/h3-4,6-8,10,12H,2,5,9,16H2,1H3,(H,18,19). The highest BCUT2D eigenvalue weighted by Crippen LogP contribution is 2.16. The van der Waals surface area contributed by atoms with Crippen LogP contribution in [0.2, 0.25) is 0 Å². The Morgan fingerprint density at radius 1 is 1.42 bits per heavy atom. The lowest BCUT2D eigenvalue weighted by atomic mass is 10.1. The van der Waals surface area contributed by atoms with E-state index in [-0.39, 0.29) is 11.9 Å². The predicted molar refractivity (Wildman–Crippen MR) is 77.9 cm³/mol. The van der Waals surface area contributed by atoms with E-state index in [0.29, 0.717) is 12.1 Å². The molecule has 0 saturated heterocycles. The predicted octanol–water partition coefficient (Wildman–Crippen LogP) is 2.69. The van der Waals surface area contributed by atoms with Crippen molar-refractivity contribution in [3.8, 4) is 0 Å². The zero-order valence-corrected chi connectivity index (χ0v) is 11.1. The zero-order valence-electron chi connectivity index (χ0n) is 11.1. The van der Waals surface area contributed by atoms with Gasteiger partial charge in [-0.1, -0.05) is 31.5 Å². The summed E-state index contributed by atoms with van der Waals surface area (Å²) in [6.07, 6.45) is 3.88. The van der Waals surface area contributed by atoms with Crippen molar-refractivity contribution in [3.63, 3.8) is 0 Å². The minimum absolute atomic E-state index is 0.0574. The lowest BCUT2D eigenvalue weighted by Gasteiger charge is -2.10. The van der Waals surface area contributed by atoms with Gasteiger partial charge in [0, 0.05) is 17.8 Å². The average Bonchev–Trinajstić information content (AvgIpc) is 2.38. The van der Waals surface area contributed by atoms with Gasteiger partial charge >= 0.3 is 0 Å². The second kappa shape index (κ2) is 6.29. The smallest absolute Gasteiger partial charge is 0.225 e. The van der Waals surface area contributed by atoms with Crippen molar-refractivity contribution in [1.82, 2.24) is 4.98 Å². The van der Waals surface area contributed by atoms with Gasteiger partial charge in [-0.25, -0.2) is 0 Å². The Kier molecular flexibility index (Phi) is 4.47. The highest BCUT2D eigenvalue weighted by atomic mass is 16.1. The fraction of sp³-hybridized carbons (Fsp3) is 0.333. The van der Waals surface area contributed by atoms with Crippen molar-refractivity contribution in [2.24, 2.45) is 5.73 Å². The average molecular weight is 257 g/mol. The molecule has 0 aliphatic heterocycles. The third-order valence-electron chi connectivity index (χ3n) is 2.98. The summed E-state index contributed by atoms with van der Waals surface area (Å²) >= 11 is 0. The van der Waals surface area contributed by atoms with E-state index in [1.807, 2.05) is 30.3 Å². The molecule has 0 radical (unpaired) electrons. The van der Waals surface area contributed by atoms with E-state index in [9.17, 15) is 4.79 Å². The maximum atomic E-state index is 11.8. The Morgan fingerprint density at radius 2 is 2.21 bits per heavy atom. The summed E-state index contributed by atoms with van der Waals surface area (Å²) in [6, 6.07) is 9.66. The molecule has 4 heteroatoms. The number of benzene rings is 1. The maximum Gasteiger partial charge on any atom is 0.225 e. The Bertz CT molecular complexity index is 568. The van der Waals surface area contributed by atoms with Gasteiger partial charge in [-0.05, 0) is 18.6 Å². The summed E-state index contributed by atoms with van der Waals surface area (Å²) in [5.74, 6) is -0.0574. The number of hydrogen-bond acceptors (Lipinski definition) is 3. The number of aromatic nitrogens is 1. The molecule has 3 N–H and O–H groups in total. The largest absolute Gasteiger partial charge is 0.327 e. The summed E-state index contributed by atoms with van der Waals surface area (Å²) in [4.78, 5) is 16.1. The molecule has 1 atom stereocenters. The third-order valence-corrected chi connectivity index (χ3v) is 2.98. The van der Waals surface area contributed by atoms with Gasteiger partial charge in [0.2, 0.25) is 5.91 Å². The van der Waals surface area contributed by atoms with Crippen LogP contribution in [0.3, 0.4) is 0 Å². The molecule has 1 amide bonds. The van der Waals surface area contributed by atoms with Crippen molar-refractivity contribution < 1.29 is 4.79 Å². The quantitative estimate of drug-likeness (QED) is 0.865. The number of carbonyl (C=O) groups excluding carboxylic acids is 1. The van der Waals surface area contributed by atoms with Crippen molar-refractivity contribution in [3.05, 3.63) is 36.5 Å². The lowest BCUT2D eigenvalue weighted by Crippen LogP contribution is -2.26. The first-order valence-corrected chi connectivity index (χ1v) is 6.59. The van der Waals surface area contributed by atoms with Gasteiger partial charge in [-0.15, -0.1) is 0 Å². The highest BCUT2D eigenvalue weighted by Gasteiger charge is 2.09. The summed E-state index contributed by atoms with van der Waals surface area (Å²) in [7, 11) is 0. The zero-order chi connectivity index (χ0) is 13.7. The molecule has 0 aliphatic rings. The Labute approximate surface area is 113 Å². The number of para-hydroxylation sites is 1. The molecule has 0 fully saturated rings. The minimum Gasteiger partial charge on any atom is -0.327 e. The van der Waals surface area contributed by atoms with Gasteiger partial charge in [0.1, 0.15) is 0 Å². The molecule has 2 aromatic rings. The summed E-state index contributed by atoms with van der Waals surface area (Å²) in [5.41, 5.74) is 7.49. The van der Waals surface area contributed by atoms with Crippen LogP contribution in [0.5, 0.6) is 0 Å². The number of hydrogen-bond donors (Lipinski definition) is 2. The first-order valence-electron chi connectivity index (χ1n) is 6.59. The van der Waals surface area contributed by atoms with E-state index in [1.54, 1.807) is 6.20 Å². The van der Waals surface area contributed by atoms with Gasteiger partial charge in [-0.2, -0.15) is 0 Å². The van der Waals surface area contributed by atoms with Gasteiger partial charge in [0.25, 0.3) is 0 Å². The third kappa shape index (κ3) is 3.76. The molecule has 0 bridgehead atoms. The molecule has 4 nitrogen and oxygen atoms in total. The lowest BCUT2D eigenvalue weighted by molar-refractivity contribution is -0.116. The highest BCUT2D eigenvalue weighted by molar-refractivity contribution is 5.93. The maximum absolute atomic E-state index is 11.8. The molecule has 1 unspecified atom stereocenters. The molecule has 1 aromatic carbocycles. The van der Waals surface area contributed by atoms with Crippen molar-refractivity contribution in [1.29, 1.82) is 0 Å². The summed E-state index contributed by atoms with van der Waals surface area (Å²) < 4.78 is 0. The second-order valence-electron chi connectivity index (χ2n) is 4.72. The molecule has 1 heterocycles. The van der Waals surface area contributed by atoms with E-state index in [2.05, 4.69) is 17.2 Å². The molecule has 100 valence electrons. The topological polar surface area (TPSA) is 68.0 Å². The molecule has 19 heavy (non-hydrogen) atoms. The number of pyridine rings is 1. The fourth-order valence-electron chi connectivity index (χ4n) is 2.06. The summed E-state index contributed by atoms with van der Waals surface area (Å²) in [6.45, 7) is 2.06. The SMILES string of the molecule is CCCC(N)CC(=O)Nc1cnc2ccccc2c1. The molecule has 0 saturated carbocycles. The number of rotatable bonds is 5. The number of nitrogens with one attached hydrogen (secondary N) is 1. The Hall–Kier alpha value is -1.94. The van der Waals surface area contributed by atoms with E-state index >= 15 is 0 Å². The van der Waals surface area contributed by atoms with Gasteiger partial charge in [-0.3, -0.25) is 9.78 Å². The van der Waals surface area contributed by atoms with E-state index in [1.165, 1.54) is 0 Å². The van der Waals surface area contributed by atoms with Crippen LogP contribution in [0.1, 0.15) is 26.2 Å². The van der Waals surface area contributed by atoms with Gasteiger partial charge in [0.15, 0.2) is 0 Å².